The zero-order chi connectivity index (χ0) is 14.2. The minimum atomic E-state index is -1.09. The van der Waals surface area contributed by atoms with Crippen molar-refractivity contribution < 1.29 is 19.1 Å². The fourth-order valence-electron chi connectivity index (χ4n) is 1.85. The van der Waals surface area contributed by atoms with Crippen LogP contribution in [0.15, 0.2) is 16.5 Å². The Balaban J connectivity index is 2.20. The van der Waals surface area contributed by atoms with Gasteiger partial charge in [-0.3, -0.25) is 4.68 Å². The van der Waals surface area contributed by atoms with E-state index in [1.165, 1.54) is 6.07 Å². The van der Waals surface area contributed by atoms with Gasteiger partial charge < -0.3 is 14.3 Å². The fraction of sp³-hybridized carbons (Fsp3) is 0.385. The summed E-state index contributed by atoms with van der Waals surface area (Å²) in [4.78, 5) is 10.8. The second kappa shape index (κ2) is 4.79. The molecule has 6 nitrogen and oxygen atoms in total. The number of carboxylic acids is 1. The van der Waals surface area contributed by atoms with Gasteiger partial charge in [-0.05, 0) is 32.9 Å². The van der Waals surface area contributed by atoms with Gasteiger partial charge in [0, 0.05) is 7.05 Å². The highest BCUT2D eigenvalue weighted by atomic mass is 16.5. The van der Waals surface area contributed by atoms with E-state index < -0.39 is 5.97 Å². The maximum atomic E-state index is 10.8. The Morgan fingerprint density at radius 3 is 2.63 bits per heavy atom. The summed E-state index contributed by atoms with van der Waals surface area (Å²) >= 11 is 0. The molecule has 0 saturated heterocycles. The molecule has 2 aromatic heterocycles. The smallest absolute Gasteiger partial charge is 0.371 e. The van der Waals surface area contributed by atoms with E-state index in [4.69, 9.17) is 14.3 Å². The van der Waals surface area contributed by atoms with Gasteiger partial charge in [0.2, 0.25) is 5.76 Å². The third-order valence-corrected chi connectivity index (χ3v) is 2.98. The van der Waals surface area contributed by atoms with Crippen LogP contribution in [0.2, 0.25) is 0 Å². The number of aromatic nitrogens is 2. The molecule has 0 radical (unpaired) electrons. The van der Waals surface area contributed by atoms with Crippen molar-refractivity contribution in [1.82, 2.24) is 9.78 Å². The highest BCUT2D eigenvalue weighted by molar-refractivity contribution is 5.84. The molecule has 1 atom stereocenters. The maximum Gasteiger partial charge on any atom is 0.371 e. The zero-order valence-electron chi connectivity index (χ0n) is 11.3. The Morgan fingerprint density at radius 1 is 1.47 bits per heavy atom. The van der Waals surface area contributed by atoms with Crippen LogP contribution in [0.3, 0.4) is 0 Å². The van der Waals surface area contributed by atoms with Crippen LogP contribution in [0.1, 0.15) is 40.7 Å². The number of aromatic carboxylic acids is 1. The molecule has 0 aliphatic heterocycles. The van der Waals surface area contributed by atoms with E-state index >= 15 is 0 Å². The minimum absolute atomic E-state index is 0.0925. The molecule has 0 bridgehead atoms. The number of furan rings is 1. The molecule has 0 fully saturated rings. The van der Waals surface area contributed by atoms with E-state index in [9.17, 15) is 4.79 Å². The van der Waals surface area contributed by atoms with Gasteiger partial charge in [-0.25, -0.2) is 4.79 Å². The molecule has 0 amide bonds. The van der Waals surface area contributed by atoms with Crippen LogP contribution >= 0.6 is 0 Å². The summed E-state index contributed by atoms with van der Waals surface area (Å²) in [5.74, 6) is -0.0133. The second-order valence-electron chi connectivity index (χ2n) is 4.39. The number of ether oxygens (including phenoxy) is 1. The molecule has 2 heterocycles. The zero-order valence-corrected chi connectivity index (χ0v) is 11.3. The van der Waals surface area contributed by atoms with Crippen LogP contribution in [0.25, 0.3) is 0 Å². The Labute approximate surface area is 110 Å². The van der Waals surface area contributed by atoms with Crippen LogP contribution in [0, 0.1) is 13.8 Å². The summed E-state index contributed by atoms with van der Waals surface area (Å²) in [6, 6.07) is 3.02. The first-order valence-corrected chi connectivity index (χ1v) is 5.90. The van der Waals surface area contributed by atoms with Crippen molar-refractivity contribution in [1.29, 1.82) is 0 Å². The van der Waals surface area contributed by atoms with Crippen molar-refractivity contribution in [3.8, 4) is 5.75 Å². The Hall–Kier alpha value is -2.24. The molecule has 2 aromatic rings. The van der Waals surface area contributed by atoms with E-state index in [1.54, 1.807) is 17.7 Å². The van der Waals surface area contributed by atoms with Crippen molar-refractivity contribution in [2.24, 2.45) is 7.05 Å². The lowest BCUT2D eigenvalue weighted by Crippen LogP contribution is -2.04. The quantitative estimate of drug-likeness (QED) is 0.917. The molecular weight excluding hydrogens is 248 g/mol. The topological polar surface area (TPSA) is 77.5 Å². The van der Waals surface area contributed by atoms with E-state index in [0.29, 0.717) is 11.5 Å². The highest BCUT2D eigenvalue weighted by Crippen LogP contribution is 2.28. The summed E-state index contributed by atoms with van der Waals surface area (Å²) in [6.07, 6.45) is -0.380. The SMILES string of the molecule is Cc1nn(C)c(C)c1OC(C)c1ccc(C(=O)O)o1. The molecule has 0 aliphatic rings. The lowest BCUT2D eigenvalue weighted by Gasteiger charge is -2.12. The first-order chi connectivity index (χ1) is 8.90. The van der Waals surface area contributed by atoms with E-state index in [1.807, 2.05) is 20.9 Å². The summed E-state index contributed by atoms with van der Waals surface area (Å²) in [7, 11) is 1.84. The van der Waals surface area contributed by atoms with Crippen molar-refractivity contribution in [2.45, 2.75) is 26.9 Å². The first-order valence-electron chi connectivity index (χ1n) is 5.90. The van der Waals surface area contributed by atoms with Crippen LogP contribution in [0.5, 0.6) is 5.75 Å². The molecule has 0 aliphatic carbocycles. The molecule has 6 heteroatoms. The Bertz CT molecular complexity index is 612. The standard InChI is InChI=1S/C13H16N2O4/c1-7-12(8(2)15(4)14-7)18-9(3)10-5-6-11(19-10)13(16)17/h5-6,9H,1-4H3,(H,16,17). The van der Waals surface area contributed by atoms with Crippen molar-refractivity contribution >= 4 is 5.97 Å². The summed E-state index contributed by atoms with van der Waals surface area (Å²) in [5.41, 5.74) is 1.70. The van der Waals surface area contributed by atoms with Gasteiger partial charge in [-0.15, -0.1) is 0 Å². The van der Waals surface area contributed by atoms with Crippen LogP contribution in [-0.2, 0) is 7.05 Å². The van der Waals surface area contributed by atoms with Crippen molar-refractivity contribution in [2.75, 3.05) is 0 Å². The number of carbonyl (C=O) groups is 1. The number of hydrogen-bond acceptors (Lipinski definition) is 4. The van der Waals surface area contributed by atoms with Crippen LogP contribution in [-0.4, -0.2) is 20.9 Å². The summed E-state index contributed by atoms with van der Waals surface area (Å²) < 4.78 is 12.8. The molecule has 0 saturated carbocycles. The maximum absolute atomic E-state index is 10.8. The van der Waals surface area contributed by atoms with Gasteiger partial charge in [-0.2, -0.15) is 5.10 Å². The molecule has 0 aromatic carbocycles. The van der Waals surface area contributed by atoms with Crippen molar-refractivity contribution in [3.63, 3.8) is 0 Å². The van der Waals surface area contributed by atoms with Gasteiger partial charge in [0.15, 0.2) is 11.9 Å². The number of hydrogen-bond donors (Lipinski definition) is 1. The number of nitrogens with zero attached hydrogens (tertiary/aromatic N) is 2. The van der Waals surface area contributed by atoms with E-state index in [2.05, 4.69) is 5.10 Å². The lowest BCUT2D eigenvalue weighted by molar-refractivity contribution is 0.0655. The van der Waals surface area contributed by atoms with Gasteiger partial charge in [0.1, 0.15) is 11.5 Å². The number of carboxylic acid groups (broad SMARTS) is 1. The average molecular weight is 264 g/mol. The van der Waals surface area contributed by atoms with E-state index in [-0.39, 0.29) is 11.9 Å². The minimum Gasteiger partial charge on any atom is -0.479 e. The van der Waals surface area contributed by atoms with Gasteiger partial charge in [0.25, 0.3) is 0 Å². The molecule has 0 spiro atoms. The molecule has 1 unspecified atom stereocenters. The first kappa shape index (κ1) is 13.2. The predicted molar refractivity (Wildman–Crippen MR) is 67.4 cm³/mol. The van der Waals surface area contributed by atoms with Gasteiger partial charge in [0.05, 0.1) is 5.69 Å². The normalized spacial score (nSPS) is 12.4. The summed E-state index contributed by atoms with van der Waals surface area (Å²) in [5, 5.41) is 13.1. The highest BCUT2D eigenvalue weighted by Gasteiger charge is 2.19. The number of rotatable bonds is 4. The molecular formula is C13H16N2O4. The van der Waals surface area contributed by atoms with Crippen LogP contribution in [0.4, 0.5) is 0 Å². The summed E-state index contributed by atoms with van der Waals surface area (Å²) in [6.45, 7) is 5.57. The molecule has 102 valence electrons. The fourth-order valence-corrected chi connectivity index (χ4v) is 1.85. The van der Waals surface area contributed by atoms with Gasteiger partial charge >= 0.3 is 5.97 Å². The van der Waals surface area contributed by atoms with Crippen LogP contribution < -0.4 is 4.74 Å². The molecule has 1 N–H and O–H groups in total. The van der Waals surface area contributed by atoms with Crippen molar-refractivity contribution in [3.05, 3.63) is 35.0 Å². The molecule has 2 rings (SSSR count). The van der Waals surface area contributed by atoms with Gasteiger partial charge in [-0.1, -0.05) is 0 Å². The largest absolute Gasteiger partial charge is 0.479 e. The molecule has 19 heavy (non-hydrogen) atoms. The average Bonchev–Trinajstić information content (AvgIpc) is 2.91. The third-order valence-electron chi connectivity index (χ3n) is 2.98. The monoisotopic (exact) mass is 264 g/mol. The number of aryl methyl sites for hydroxylation is 2. The predicted octanol–water partition coefficient (Wildman–Crippen LogP) is 2.47. The Kier molecular flexibility index (Phi) is 3.33. The van der Waals surface area contributed by atoms with E-state index in [0.717, 1.165) is 11.4 Å². The second-order valence-corrected chi connectivity index (χ2v) is 4.39. The lowest BCUT2D eigenvalue weighted by atomic mass is 10.3. The third kappa shape index (κ3) is 2.47. The Morgan fingerprint density at radius 2 is 2.16 bits per heavy atom.